The lowest BCUT2D eigenvalue weighted by molar-refractivity contribution is -0.121. The van der Waals surface area contributed by atoms with E-state index >= 15 is 0 Å². The molecule has 2 N–H and O–H groups in total. The maximum atomic E-state index is 11.6. The fourth-order valence-electron chi connectivity index (χ4n) is 2.04. The second-order valence-corrected chi connectivity index (χ2v) is 4.33. The Morgan fingerprint density at radius 1 is 1.18 bits per heavy atom. The van der Waals surface area contributed by atoms with E-state index in [1.165, 1.54) is 25.7 Å². The highest BCUT2D eigenvalue weighted by Crippen LogP contribution is 2.16. The lowest BCUT2D eigenvalue weighted by Crippen LogP contribution is -2.41. The number of carbonyl (C=O) groups is 2. The summed E-state index contributed by atoms with van der Waals surface area (Å²) in [5.41, 5.74) is 0. The van der Waals surface area contributed by atoms with Gasteiger partial charge in [0.2, 0.25) is 5.91 Å². The SMILES string of the molecule is CCOC(=O)NCC(=O)NC1CCCCCC1. The van der Waals surface area contributed by atoms with Crippen LogP contribution in [0.15, 0.2) is 0 Å². The van der Waals surface area contributed by atoms with Crippen molar-refractivity contribution in [1.82, 2.24) is 10.6 Å². The second kappa shape index (κ2) is 7.92. The highest BCUT2D eigenvalue weighted by molar-refractivity contribution is 5.82. The number of amides is 2. The summed E-state index contributed by atoms with van der Waals surface area (Å²) in [5, 5.41) is 5.36. The van der Waals surface area contributed by atoms with Crippen molar-refractivity contribution in [3.8, 4) is 0 Å². The number of hydrogen-bond donors (Lipinski definition) is 2. The Kier molecular flexibility index (Phi) is 6.43. The summed E-state index contributed by atoms with van der Waals surface area (Å²) < 4.78 is 4.67. The lowest BCUT2D eigenvalue weighted by Gasteiger charge is -2.16. The van der Waals surface area contributed by atoms with E-state index < -0.39 is 6.09 Å². The van der Waals surface area contributed by atoms with Crippen molar-refractivity contribution in [3.05, 3.63) is 0 Å². The Hall–Kier alpha value is -1.26. The zero-order valence-electron chi connectivity index (χ0n) is 10.5. The molecule has 0 spiro atoms. The standard InChI is InChI=1S/C12H22N2O3/c1-2-17-12(16)13-9-11(15)14-10-7-5-3-4-6-8-10/h10H,2-9H2,1H3,(H,13,16)(H,14,15). The molecule has 1 fully saturated rings. The van der Waals surface area contributed by atoms with E-state index in [9.17, 15) is 9.59 Å². The number of nitrogens with one attached hydrogen (secondary N) is 2. The normalized spacial score (nSPS) is 17.0. The fourth-order valence-corrected chi connectivity index (χ4v) is 2.04. The number of carbonyl (C=O) groups excluding carboxylic acids is 2. The molecule has 0 saturated heterocycles. The van der Waals surface area contributed by atoms with Gasteiger partial charge in [-0.2, -0.15) is 0 Å². The molecule has 1 aliphatic rings. The van der Waals surface area contributed by atoms with Gasteiger partial charge in [-0.05, 0) is 19.8 Å². The monoisotopic (exact) mass is 242 g/mol. The average molecular weight is 242 g/mol. The quantitative estimate of drug-likeness (QED) is 0.735. The smallest absolute Gasteiger partial charge is 0.407 e. The first-order valence-electron chi connectivity index (χ1n) is 6.42. The van der Waals surface area contributed by atoms with Crippen LogP contribution in [0.2, 0.25) is 0 Å². The molecule has 5 nitrogen and oxygen atoms in total. The molecular weight excluding hydrogens is 220 g/mol. The zero-order valence-corrected chi connectivity index (χ0v) is 10.5. The summed E-state index contributed by atoms with van der Waals surface area (Å²) in [4.78, 5) is 22.5. The van der Waals surface area contributed by atoms with Crippen LogP contribution in [0.25, 0.3) is 0 Å². The largest absolute Gasteiger partial charge is 0.450 e. The Balaban J connectivity index is 2.17. The van der Waals surface area contributed by atoms with Crippen LogP contribution in [0.3, 0.4) is 0 Å². The van der Waals surface area contributed by atoms with Gasteiger partial charge in [0.05, 0.1) is 6.61 Å². The van der Waals surface area contributed by atoms with Gasteiger partial charge in [-0.1, -0.05) is 25.7 Å². The first-order chi connectivity index (χ1) is 8.22. The Morgan fingerprint density at radius 3 is 2.41 bits per heavy atom. The highest BCUT2D eigenvalue weighted by Gasteiger charge is 2.14. The minimum atomic E-state index is -0.538. The number of alkyl carbamates (subject to hydrolysis) is 1. The minimum Gasteiger partial charge on any atom is -0.450 e. The van der Waals surface area contributed by atoms with Crippen LogP contribution in [-0.2, 0) is 9.53 Å². The van der Waals surface area contributed by atoms with Gasteiger partial charge in [-0.3, -0.25) is 4.79 Å². The van der Waals surface area contributed by atoms with Gasteiger partial charge in [0.1, 0.15) is 6.54 Å². The molecule has 0 aromatic heterocycles. The van der Waals surface area contributed by atoms with Gasteiger partial charge in [-0.15, -0.1) is 0 Å². The molecule has 0 aromatic carbocycles. The van der Waals surface area contributed by atoms with E-state index in [0.717, 1.165) is 12.8 Å². The third-order valence-electron chi connectivity index (χ3n) is 2.89. The summed E-state index contributed by atoms with van der Waals surface area (Å²) in [7, 11) is 0. The van der Waals surface area contributed by atoms with E-state index in [1.54, 1.807) is 6.92 Å². The molecular formula is C12H22N2O3. The van der Waals surface area contributed by atoms with Crippen molar-refractivity contribution in [2.45, 2.75) is 51.5 Å². The molecule has 5 heteroatoms. The first-order valence-corrected chi connectivity index (χ1v) is 6.42. The van der Waals surface area contributed by atoms with Crippen molar-refractivity contribution in [2.24, 2.45) is 0 Å². The predicted molar refractivity (Wildman–Crippen MR) is 64.7 cm³/mol. The molecule has 0 aliphatic heterocycles. The first kappa shape index (κ1) is 13.8. The lowest BCUT2D eigenvalue weighted by atomic mass is 10.1. The van der Waals surface area contributed by atoms with Crippen molar-refractivity contribution in [1.29, 1.82) is 0 Å². The summed E-state index contributed by atoms with van der Waals surface area (Å²) in [5.74, 6) is -0.134. The maximum Gasteiger partial charge on any atom is 0.407 e. The maximum absolute atomic E-state index is 11.6. The van der Waals surface area contributed by atoms with Crippen LogP contribution in [0.4, 0.5) is 4.79 Å². The molecule has 0 radical (unpaired) electrons. The van der Waals surface area contributed by atoms with E-state index in [4.69, 9.17) is 0 Å². The number of hydrogen-bond acceptors (Lipinski definition) is 3. The third-order valence-corrected chi connectivity index (χ3v) is 2.89. The number of ether oxygens (including phenoxy) is 1. The van der Waals surface area contributed by atoms with Gasteiger partial charge in [0.25, 0.3) is 0 Å². The molecule has 0 unspecified atom stereocenters. The van der Waals surface area contributed by atoms with E-state index in [-0.39, 0.29) is 18.5 Å². The van der Waals surface area contributed by atoms with Gasteiger partial charge >= 0.3 is 6.09 Å². The van der Waals surface area contributed by atoms with Crippen molar-refractivity contribution in [2.75, 3.05) is 13.2 Å². The van der Waals surface area contributed by atoms with Crippen molar-refractivity contribution in [3.63, 3.8) is 0 Å². The van der Waals surface area contributed by atoms with E-state index in [1.807, 2.05) is 0 Å². The molecule has 0 aromatic rings. The van der Waals surface area contributed by atoms with Crippen molar-refractivity contribution < 1.29 is 14.3 Å². The minimum absolute atomic E-state index is 0.00463. The summed E-state index contributed by atoms with van der Waals surface area (Å²) >= 11 is 0. The molecule has 0 atom stereocenters. The molecule has 98 valence electrons. The molecule has 1 rings (SSSR count). The van der Waals surface area contributed by atoms with Gasteiger partial charge in [-0.25, -0.2) is 4.79 Å². The van der Waals surface area contributed by atoms with Crippen LogP contribution < -0.4 is 10.6 Å². The van der Waals surface area contributed by atoms with Crippen LogP contribution >= 0.6 is 0 Å². The molecule has 1 aliphatic carbocycles. The topological polar surface area (TPSA) is 67.4 Å². The Bertz CT molecular complexity index is 248. The zero-order chi connectivity index (χ0) is 12.5. The second-order valence-electron chi connectivity index (χ2n) is 4.33. The predicted octanol–water partition coefficient (Wildman–Crippen LogP) is 1.57. The van der Waals surface area contributed by atoms with Crippen LogP contribution in [0.5, 0.6) is 0 Å². The highest BCUT2D eigenvalue weighted by atomic mass is 16.5. The van der Waals surface area contributed by atoms with E-state index in [2.05, 4.69) is 15.4 Å². The van der Waals surface area contributed by atoms with Crippen molar-refractivity contribution >= 4 is 12.0 Å². The van der Waals surface area contributed by atoms with Crippen LogP contribution in [0, 0.1) is 0 Å². The number of rotatable bonds is 4. The van der Waals surface area contributed by atoms with Gasteiger partial charge in [0, 0.05) is 6.04 Å². The van der Waals surface area contributed by atoms with Crippen LogP contribution in [0.1, 0.15) is 45.4 Å². The molecule has 1 saturated carbocycles. The molecule has 0 heterocycles. The average Bonchev–Trinajstić information content (AvgIpc) is 2.55. The summed E-state index contributed by atoms with van der Waals surface area (Å²) in [6, 6.07) is 0.272. The molecule has 2 amide bonds. The summed E-state index contributed by atoms with van der Waals surface area (Å²) in [6.45, 7) is 2.04. The fraction of sp³-hybridized carbons (Fsp3) is 0.833. The van der Waals surface area contributed by atoms with Gasteiger partial charge < -0.3 is 15.4 Å². The summed E-state index contributed by atoms with van der Waals surface area (Å²) in [6.07, 6.45) is 6.42. The molecule has 17 heavy (non-hydrogen) atoms. The van der Waals surface area contributed by atoms with E-state index in [0.29, 0.717) is 6.61 Å². The van der Waals surface area contributed by atoms with Gasteiger partial charge in [0.15, 0.2) is 0 Å². The molecule has 0 bridgehead atoms. The Labute approximate surface area is 102 Å². The Morgan fingerprint density at radius 2 is 1.82 bits per heavy atom. The third kappa shape index (κ3) is 6.14. The van der Waals surface area contributed by atoms with Crippen LogP contribution in [-0.4, -0.2) is 31.2 Å².